The zero-order valence-electron chi connectivity index (χ0n) is 13.0. The second kappa shape index (κ2) is 5.83. The minimum Gasteiger partial charge on any atom is -0.493 e. The number of anilines is 2. The molecular formula is C18H18N4O. The summed E-state index contributed by atoms with van der Waals surface area (Å²) < 4.78 is 5.85. The van der Waals surface area contributed by atoms with Gasteiger partial charge in [0.25, 0.3) is 0 Å². The summed E-state index contributed by atoms with van der Waals surface area (Å²) in [7, 11) is 0. The van der Waals surface area contributed by atoms with Gasteiger partial charge in [-0.3, -0.25) is 0 Å². The van der Waals surface area contributed by atoms with Crippen molar-refractivity contribution >= 4 is 22.3 Å². The Morgan fingerprint density at radius 3 is 2.74 bits per heavy atom. The number of nitrogens with zero attached hydrogens (tertiary/aromatic N) is 3. The first-order chi connectivity index (χ1) is 11.3. The summed E-state index contributed by atoms with van der Waals surface area (Å²) >= 11 is 0. The second-order valence-electron chi connectivity index (χ2n) is 5.94. The van der Waals surface area contributed by atoms with E-state index in [2.05, 4.69) is 26.3 Å². The number of nitrogens with one attached hydrogen (secondary N) is 1. The monoisotopic (exact) mass is 306 g/mol. The van der Waals surface area contributed by atoms with Crippen molar-refractivity contribution in [1.29, 1.82) is 0 Å². The van der Waals surface area contributed by atoms with E-state index in [1.807, 2.05) is 25.1 Å². The number of hydrogen-bond acceptors (Lipinski definition) is 5. The van der Waals surface area contributed by atoms with Crippen molar-refractivity contribution in [2.45, 2.75) is 19.8 Å². The Hall–Kier alpha value is -2.69. The van der Waals surface area contributed by atoms with Gasteiger partial charge >= 0.3 is 0 Å². The van der Waals surface area contributed by atoms with E-state index in [1.165, 1.54) is 12.8 Å². The van der Waals surface area contributed by atoms with E-state index in [0.29, 0.717) is 0 Å². The van der Waals surface area contributed by atoms with Crippen LogP contribution in [0.5, 0.6) is 5.75 Å². The summed E-state index contributed by atoms with van der Waals surface area (Å²) in [5, 5.41) is 5.43. The quantitative estimate of drug-likeness (QED) is 0.775. The smallest absolute Gasteiger partial charge is 0.138 e. The molecule has 0 radical (unpaired) electrons. The third kappa shape index (κ3) is 3.23. The predicted octanol–water partition coefficient (Wildman–Crippen LogP) is 3.87. The lowest BCUT2D eigenvalue weighted by Crippen LogP contribution is -1.99. The van der Waals surface area contributed by atoms with Crippen LogP contribution in [-0.2, 0) is 0 Å². The molecule has 1 aliphatic rings. The van der Waals surface area contributed by atoms with Crippen LogP contribution in [0, 0.1) is 12.8 Å². The molecule has 1 fully saturated rings. The molecule has 2 aromatic heterocycles. The highest BCUT2D eigenvalue weighted by Gasteiger charge is 2.21. The van der Waals surface area contributed by atoms with E-state index in [1.54, 1.807) is 18.6 Å². The molecule has 0 aliphatic heterocycles. The standard InChI is InChI=1S/C18H18N4O/c1-12-20-9-15(10-21-12)22-18-17-5-4-16(23-11-13-2-3-13)8-14(17)6-7-19-18/h4-10,13H,2-3,11H2,1H3,(H,19,22). The van der Waals surface area contributed by atoms with Gasteiger partial charge in [0.1, 0.15) is 17.4 Å². The molecule has 1 aliphatic carbocycles. The van der Waals surface area contributed by atoms with Crippen molar-refractivity contribution in [2.24, 2.45) is 5.92 Å². The topological polar surface area (TPSA) is 59.9 Å². The van der Waals surface area contributed by atoms with Crippen LogP contribution in [0.3, 0.4) is 0 Å². The summed E-state index contributed by atoms with van der Waals surface area (Å²) in [4.78, 5) is 12.8. The Morgan fingerprint density at radius 1 is 1.13 bits per heavy atom. The molecule has 23 heavy (non-hydrogen) atoms. The van der Waals surface area contributed by atoms with Gasteiger partial charge in [-0.25, -0.2) is 15.0 Å². The van der Waals surface area contributed by atoms with Gasteiger partial charge in [0.15, 0.2) is 0 Å². The number of aryl methyl sites for hydroxylation is 1. The van der Waals surface area contributed by atoms with Crippen molar-refractivity contribution in [2.75, 3.05) is 11.9 Å². The summed E-state index contributed by atoms with van der Waals surface area (Å²) in [5.74, 6) is 3.21. The fourth-order valence-corrected chi connectivity index (χ4v) is 2.44. The highest BCUT2D eigenvalue weighted by atomic mass is 16.5. The Kier molecular flexibility index (Phi) is 3.54. The Labute approximate surface area is 134 Å². The molecule has 0 atom stereocenters. The lowest BCUT2D eigenvalue weighted by atomic mass is 10.1. The van der Waals surface area contributed by atoms with Crippen LogP contribution in [0.15, 0.2) is 42.9 Å². The van der Waals surface area contributed by atoms with E-state index in [9.17, 15) is 0 Å². The second-order valence-corrected chi connectivity index (χ2v) is 5.94. The highest BCUT2D eigenvalue weighted by Crippen LogP contribution is 2.31. The first-order valence-corrected chi connectivity index (χ1v) is 7.85. The van der Waals surface area contributed by atoms with Gasteiger partial charge in [0, 0.05) is 11.6 Å². The van der Waals surface area contributed by atoms with E-state index in [0.717, 1.165) is 46.4 Å². The molecule has 4 rings (SSSR count). The van der Waals surface area contributed by atoms with Crippen LogP contribution >= 0.6 is 0 Å². The van der Waals surface area contributed by atoms with Crippen LogP contribution in [0.25, 0.3) is 10.8 Å². The van der Waals surface area contributed by atoms with Gasteiger partial charge in [-0.1, -0.05) is 0 Å². The first kappa shape index (κ1) is 13.9. The maximum Gasteiger partial charge on any atom is 0.138 e. The summed E-state index contributed by atoms with van der Waals surface area (Å²) in [6.45, 7) is 2.69. The van der Waals surface area contributed by atoms with E-state index in [4.69, 9.17) is 4.74 Å². The van der Waals surface area contributed by atoms with Gasteiger partial charge in [-0.05, 0) is 55.3 Å². The van der Waals surface area contributed by atoms with E-state index in [-0.39, 0.29) is 0 Å². The average molecular weight is 306 g/mol. The van der Waals surface area contributed by atoms with Crippen molar-refractivity contribution in [3.8, 4) is 5.75 Å². The highest BCUT2D eigenvalue weighted by molar-refractivity contribution is 5.93. The normalized spacial score (nSPS) is 14.0. The van der Waals surface area contributed by atoms with Crippen molar-refractivity contribution < 1.29 is 4.74 Å². The molecule has 0 saturated heterocycles. The maximum atomic E-state index is 5.85. The number of ether oxygens (including phenoxy) is 1. The van der Waals surface area contributed by atoms with Crippen molar-refractivity contribution in [1.82, 2.24) is 15.0 Å². The number of rotatable bonds is 5. The zero-order chi connectivity index (χ0) is 15.6. The maximum absolute atomic E-state index is 5.85. The minimum absolute atomic E-state index is 0.749. The average Bonchev–Trinajstić information content (AvgIpc) is 3.39. The molecule has 1 N–H and O–H groups in total. The molecular weight excluding hydrogens is 288 g/mol. The zero-order valence-corrected chi connectivity index (χ0v) is 13.0. The number of hydrogen-bond donors (Lipinski definition) is 1. The SMILES string of the molecule is Cc1ncc(Nc2nccc3cc(OCC4CC4)ccc23)cn1. The number of benzene rings is 1. The molecule has 0 amide bonds. The fraction of sp³-hybridized carbons (Fsp3) is 0.278. The molecule has 116 valence electrons. The molecule has 0 bridgehead atoms. The number of aromatic nitrogens is 3. The van der Waals surface area contributed by atoms with Crippen LogP contribution in [0.1, 0.15) is 18.7 Å². The molecule has 1 aromatic carbocycles. The van der Waals surface area contributed by atoms with Crippen molar-refractivity contribution in [3.05, 3.63) is 48.7 Å². The Balaban J connectivity index is 1.60. The number of fused-ring (bicyclic) bond motifs is 1. The molecule has 0 unspecified atom stereocenters. The predicted molar refractivity (Wildman–Crippen MR) is 90.0 cm³/mol. The Bertz CT molecular complexity index is 828. The molecule has 1 saturated carbocycles. The minimum atomic E-state index is 0.749. The third-order valence-electron chi connectivity index (χ3n) is 3.96. The van der Waals surface area contributed by atoms with Gasteiger partial charge in [-0.2, -0.15) is 0 Å². The number of pyridine rings is 1. The van der Waals surface area contributed by atoms with Crippen molar-refractivity contribution in [3.63, 3.8) is 0 Å². The third-order valence-corrected chi connectivity index (χ3v) is 3.96. The van der Waals surface area contributed by atoms with Gasteiger partial charge in [-0.15, -0.1) is 0 Å². The summed E-state index contributed by atoms with van der Waals surface area (Å²) in [5.41, 5.74) is 0.824. The summed E-state index contributed by atoms with van der Waals surface area (Å²) in [6, 6.07) is 8.11. The molecule has 5 heteroatoms. The fourth-order valence-electron chi connectivity index (χ4n) is 2.44. The van der Waals surface area contributed by atoms with Gasteiger partial charge in [0.2, 0.25) is 0 Å². The molecule has 2 heterocycles. The Morgan fingerprint density at radius 2 is 1.96 bits per heavy atom. The lowest BCUT2D eigenvalue weighted by Gasteiger charge is -2.10. The van der Waals surface area contributed by atoms with E-state index >= 15 is 0 Å². The first-order valence-electron chi connectivity index (χ1n) is 7.85. The van der Waals surface area contributed by atoms with Crippen LogP contribution in [-0.4, -0.2) is 21.6 Å². The van der Waals surface area contributed by atoms with E-state index < -0.39 is 0 Å². The van der Waals surface area contributed by atoms with Gasteiger partial charge < -0.3 is 10.1 Å². The van der Waals surface area contributed by atoms with Gasteiger partial charge in [0.05, 0.1) is 24.7 Å². The summed E-state index contributed by atoms with van der Waals surface area (Å²) in [6.07, 6.45) is 7.91. The van der Waals surface area contributed by atoms with Crippen LogP contribution < -0.4 is 10.1 Å². The largest absolute Gasteiger partial charge is 0.493 e. The molecule has 5 nitrogen and oxygen atoms in total. The molecule has 0 spiro atoms. The van der Waals surface area contributed by atoms with Crippen LogP contribution in [0.2, 0.25) is 0 Å². The van der Waals surface area contributed by atoms with Crippen LogP contribution in [0.4, 0.5) is 11.5 Å². The molecule has 3 aromatic rings. The lowest BCUT2D eigenvalue weighted by molar-refractivity contribution is 0.300.